The first-order valence-corrected chi connectivity index (χ1v) is 8.72. The second-order valence-corrected chi connectivity index (χ2v) is 6.78. The van der Waals surface area contributed by atoms with Crippen molar-refractivity contribution in [3.63, 3.8) is 0 Å². The van der Waals surface area contributed by atoms with Crippen molar-refractivity contribution in [3.05, 3.63) is 70.9 Å². The summed E-state index contributed by atoms with van der Waals surface area (Å²) in [6.07, 6.45) is 3.64. The number of nitrogens with zero attached hydrogens (tertiary/aromatic N) is 2. The van der Waals surface area contributed by atoms with E-state index in [1.165, 1.54) is 0 Å². The minimum atomic E-state index is 0.0507. The molecule has 1 amide bonds. The SMILES string of the molecule is Nc1nccc2cc(C(=O)N3CCC[C@H]3c3ccc(Cl)cc3)ccc12. The number of nitrogens with two attached hydrogens (primary N) is 1. The maximum absolute atomic E-state index is 13.1. The van der Waals surface area contributed by atoms with E-state index in [2.05, 4.69) is 4.98 Å². The summed E-state index contributed by atoms with van der Waals surface area (Å²) in [7, 11) is 0. The molecule has 1 saturated heterocycles. The molecule has 1 atom stereocenters. The molecule has 2 heterocycles. The summed E-state index contributed by atoms with van der Waals surface area (Å²) in [6.45, 7) is 0.767. The summed E-state index contributed by atoms with van der Waals surface area (Å²) in [4.78, 5) is 19.1. The highest BCUT2D eigenvalue weighted by atomic mass is 35.5. The number of carbonyl (C=O) groups excluding carboxylic acids is 1. The predicted molar refractivity (Wildman–Crippen MR) is 101 cm³/mol. The first kappa shape index (κ1) is 15.9. The average Bonchev–Trinajstić information content (AvgIpc) is 3.11. The normalized spacial score (nSPS) is 17.2. The Balaban J connectivity index is 1.66. The Bertz CT molecular complexity index is 939. The predicted octanol–water partition coefficient (Wildman–Crippen LogP) is 4.45. The van der Waals surface area contributed by atoms with Crippen molar-refractivity contribution >= 4 is 34.1 Å². The number of halogens is 1. The lowest BCUT2D eigenvalue weighted by atomic mass is 10.0. The van der Waals surface area contributed by atoms with Gasteiger partial charge in [-0.05, 0) is 60.2 Å². The second kappa shape index (κ2) is 6.37. The molecular weight excluding hydrogens is 334 g/mol. The molecule has 2 N–H and O–H groups in total. The second-order valence-electron chi connectivity index (χ2n) is 6.34. The highest BCUT2D eigenvalue weighted by Gasteiger charge is 2.30. The van der Waals surface area contributed by atoms with Gasteiger partial charge in [0, 0.05) is 28.7 Å². The zero-order chi connectivity index (χ0) is 17.4. The molecule has 3 aromatic rings. The van der Waals surface area contributed by atoms with Crippen molar-refractivity contribution in [3.8, 4) is 0 Å². The molecule has 0 unspecified atom stereocenters. The van der Waals surface area contributed by atoms with Gasteiger partial charge in [-0.15, -0.1) is 0 Å². The van der Waals surface area contributed by atoms with E-state index in [-0.39, 0.29) is 11.9 Å². The minimum Gasteiger partial charge on any atom is -0.383 e. The van der Waals surface area contributed by atoms with Gasteiger partial charge in [0.25, 0.3) is 5.91 Å². The van der Waals surface area contributed by atoms with Crippen molar-refractivity contribution in [2.45, 2.75) is 18.9 Å². The molecule has 1 aliphatic rings. The number of anilines is 1. The third-order valence-corrected chi connectivity index (χ3v) is 5.06. The number of amides is 1. The van der Waals surface area contributed by atoms with Crippen molar-refractivity contribution in [1.29, 1.82) is 0 Å². The summed E-state index contributed by atoms with van der Waals surface area (Å²) in [5.74, 6) is 0.534. The number of pyridine rings is 1. The largest absolute Gasteiger partial charge is 0.383 e. The van der Waals surface area contributed by atoms with Gasteiger partial charge in [0.1, 0.15) is 5.82 Å². The molecule has 0 radical (unpaired) electrons. The van der Waals surface area contributed by atoms with Crippen LogP contribution in [-0.4, -0.2) is 22.3 Å². The zero-order valence-corrected chi connectivity index (χ0v) is 14.4. The maximum atomic E-state index is 13.1. The zero-order valence-electron chi connectivity index (χ0n) is 13.7. The standard InChI is InChI=1S/C20H18ClN3O/c21-16-6-3-13(4-7-16)18-2-1-11-24(18)20(25)15-5-8-17-14(12-15)9-10-23-19(17)22/h3-10,12,18H,1-2,11H2,(H2,22,23)/t18-/m0/s1. The van der Waals surface area contributed by atoms with Crippen LogP contribution in [-0.2, 0) is 0 Å². The lowest BCUT2D eigenvalue weighted by molar-refractivity contribution is 0.0736. The van der Waals surface area contributed by atoms with Crippen LogP contribution in [0.4, 0.5) is 5.82 Å². The number of nitrogen functional groups attached to an aromatic ring is 1. The van der Waals surface area contributed by atoms with Gasteiger partial charge >= 0.3 is 0 Å². The molecular formula is C20H18ClN3O. The number of hydrogen-bond acceptors (Lipinski definition) is 3. The fourth-order valence-electron chi connectivity index (χ4n) is 3.54. The Morgan fingerprint density at radius 1 is 1.16 bits per heavy atom. The number of aromatic nitrogens is 1. The molecule has 4 rings (SSSR count). The molecule has 0 spiro atoms. The van der Waals surface area contributed by atoms with Crippen LogP contribution in [0.25, 0.3) is 10.8 Å². The van der Waals surface area contributed by atoms with Crippen molar-refractivity contribution < 1.29 is 4.79 Å². The van der Waals surface area contributed by atoms with Crippen LogP contribution in [0, 0.1) is 0 Å². The van der Waals surface area contributed by atoms with Crippen molar-refractivity contribution in [2.24, 2.45) is 0 Å². The molecule has 0 saturated carbocycles. The highest BCUT2D eigenvalue weighted by Crippen LogP contribution is 2.34. The number of hydrogen-bond donors (Lipinski definition) is 1. The molecule has 2 aromatic carbocycles. The molecule has 0 aliphatic carbocycles. The molecule has 126 valence electrons. The molecule has 4 nitrogen and oxygen atoms in total. The van der Waals surface area contributed by atoms with E-state index in [0.29, 0.717) is 16.4 Å². The summed E-state index contributed by atoms with van der Waals surface area (Å²) < 4.78 is 0. The summed E-state index contributed by atoms with van der Waals surface area (Å²) >= 11 is 5.99. The smallest absolute Gasteiger partial charge is 0.254 e. The first-order chi connectivity index (χ1) is 12.1. The number of carbonyl (C=O) groups is 1. The van der Waals surface area contributed by atoms with Crippen LogP contribution in [0.2, 0.25) is 5.02 Å². The Kier molecular flexibility index (Phi) is 4.06. The van der Waals surface area contributed by atoms with E-state index in [1.807, 2.05) is 53.4 Å². The van der Waals surface area contributed by atoms with Gasteiger partial charge in [0.05, 0.1) is 6.04 Å². The van der Waals surface area contributed by atoms with Crippen LogP contribution in [0.15, 0.2) is 54.7 Å². The quantitative estimate of drug-likeness (QED) is 0.742. The monoisotopic (exact) mass is 351 g/mol. The number of benzene rings is 2. The van der Waals surface area contributed by atoms with E-state index in [1.54, 1.807) is 6.20 Å². The van der Waals surface area contributed by atoms with E-state index >= 15 is 0 Å². The van der Waals surface area contributed by atoms with E-state index < -0.39 is 0 Å². The van der Waals surface area contributed by atoms with Crippen LogP contribution in [0.3, 0.4) is 0 Å². The Labute approximate surface area is 151 Å². The number of likely N-dealkylation sites (tertiary alicyclic amines) is 1. The molecule has 5 heteroatoms. The van der Waals surface area contributed by atoms with Crippen LogP contribution in [0.1, 0.15) is 34.8 Å². The summed E-state index contributed by atoms with van der Waals surface area (Å²) in [5, 5.41) is 2.51. The Morgan fingerprint density at radius 2 is 1.96 bits per heavy atom. The summed E-state index contributed by atoms with van der Waals surface area (Å²) in [6, 6.07) is 15.3. The van der Waals surface area contributed by atoms with Gasteiger partial charge in [-0.3, -0.25) is 4.79 Å². The fraction of sp³-hybridized carbons (Fsp3) is 0.200. The van der Waals surface area contributed by atoms with E-state index in [0.717, 1.165) is 35.7 Å². The Morgan fingerprint density at radius 3 is 2.76 bits per heavy atom. The third-order valence-electron chi connectivity index (χ3n) is 4.81. The van der Waals surface area contributed by atoms with Crippen LogP contribution >= 0.6 is 11.6 Å². The molecule has 25 heavy (non-hydrogen) atoms. The van der Waals surface area contributed by atoms with Gasteiger partial charge in [-0.1, -0.05) is 23.7 Å². The van der Waals surface area contributed by atoms with E-state index in [4.69, 9.17) is 17.3 Å². The minimum absolute atomic E-state index is 0.0507. The Hall–Kier alpha value is -2.59. The lowest BCUT2D eigenvalue weighted by Gasteiger charge is -2.25. The molecule has 1 aromatic heterocycles. The van der Waals surface area contributed by atoms with Gasteiger partial charge in [-0.25, -0.2) is 4.98 Å². The lowest BCUT2D eigenvalue weighted by Crippen LogP contribution is -2.30. The molecule has 1 fully saturated rings. The van der Waals surface area contributed by atoms with Gasteiger partial charge in [-0.2, -0.15) is 0 Å². The molecule has 0 bridgehead atoms. The van der Waals surface area contributed by atoms with Crippen LogP contribution < -0.4 is 5.73 Å². The number of fused-ring (bicyclic) bond motifs is 1. The molecule has 1 aliphatic heterocycles. The highest BCUT2D eigenvalue weighted by molar-refractivity contribution is 6.30. The average molecular weight is 352 g/mol. The van der Waals surface area contributed by atoms with Gasteiger partial charge < -0.3 is 10.6 Å². The number of rotatable bonds is 2. The topological polar surface area (TPSA) is 59.2 Å². The van der Waals surface area contributed by atoms with Gasteiger partial charge in [0.15, 0.2) is 0 Å². The first-order valence-electron chi connectivity index (χ1n) is 8.34. The maximum Gasteiger partial charge on any atom is 0.254 e. The van der Waals surface area contributed by atoms with Crippen molar-refractivity contribution in [1.82, 2.24) is 9.88 Å². The fourth-order valence-corrected chi connectivity index (χ4v) is 3.67. The van der Waals surface area contributed by atoms with E-state index in [9.17, 15) is 4.79 Å². The third kappa shape index (κ3) is 2.94. The summed E-state index contributed by atoms with van der Waals surface area (Å²) in [5.41, 5.74) is 7.71. The van der Waals surface area contributed by atoms with Crippen LogP contribution in [0.5, 0.6) is 0 Å². The van der Waals surface area contributed by atoms with Gasteiger partial charge in [0.2, 0.25) is 0 Å². The van der Waals surface area contributed by atoms with Crippen molar-refractivity contribution in [2.75, 3.05) is 12.3 Å².